The number of nitrogen functional groups attached to an aromatic ring is 1. The minimum absolute atomic E-state index is 0.193. The molecule has 0 radical (unpaired) electrons. The van der Waals surface area contributed by atoms with Gasteiger partial charge in [-0.1, -0.05) is 12.1 Å². The minimum Gasteiger partial charge on any atom is -0.397 e. The molecule has 0 saturated heterocycles. The van der Waals surface area contributed by atoms with Crippen LogP contribution in [0.4, 0.5) is 5.69 Å². The lowest BCUT2D eigenvalue weighted by atomic mass is 9.88. The number of sulfonamides is 1. The summed E-state index contributed by atoms with van der Waals surface area (Å²) in [7, 11) is -3.59. The normalized spacial score (nSPS) is 23.2. The van der Waals surface area contributed by atoms with E-state index < -0.39 is 10.0 Å². The molecule has 0 spiro atoms. The number of aliphatic hydroxyl groups excluding tert-OH is 1. The molecule has 0 atom stereocenters. The van der Waals surface area contributed by atoms with E-state index >= 15 is 0 Å². The average molecular weight is 312 g/mol. The van der Waals surface area contributed by atoms with E-state index in [4.69, 9.17) is 5.73 Å². The first-order valence-corrected chi connectivity index (χ1v) is 8.83. The largest absolute Gasteiger partial charge is 0.397 e. The zero-order chi connectivity index (χ0) is 15.6. The van der Waals surface area contributed by atoms with Gasteiger partial charge in [0.15, 0.2) is 0 Å². The van der Waals surface area contributed by atoms with Gasteiger partial charge in [-0.15, -0.1) is 0 Å². The van der Waals surface area contributed by atoms with Gasteiger partial charge in [-0.05, 0) is 56.6 Å². The molecule has 5 nitrogen and oxygen atoms in total. The Hall–Kier alpha value is -1.11. The number of hydrogen-bond acceptors (Lipinski definition) is 4. The number of benzene rings is 1. The molecule has 4 N–H and O–H groups in total. The second kappa shape index (κ2) is 6.34. The Labute approximate surface area is 126 Å². The van der Waals surface area contributed by atoms with Crippen molar-refractivity contribution in [1.82, 2.24) is 4.72 Å². The smallest absolute Gasteiger partial charge is 0.242 e. The lowest BCUT2D eigenvalue weighted by Gasteiger charge is -2.25. The molecule has 2 rings (SSSR count). The maximum atomic E-state index is 12.5. The highest BCUT2D eigenvalue weighted by atomic mass is 32.2. The number of hydrogen-bond donors (Lipinski definition) is 3. The van der Waals surface area contributed by atoms with Crippen molar-refractivity contribution in [2.24, 2.45) is 5.92 Å². The molecular weight excluding hydrogens is 288 g/mol. The Morgan fingerprint density at radius 1 is 1.19 bits per heavy atom. The Morgan fingerprint density at radius 2 is 1.76 bits per heavy atom. The fourth-order valence-electron chi connectivity index (χ4n) is 2.81. The van der Waals surface area contributed by atoms with Crippen molar-refractivity contribution in [3.8, 4) is 0 Å². The van der Waals surface area contributed by atoms with Crippen LogP contribution in [-0.2, 0) is 10.0 Å². The first kappa shape index (κ1) is 16.3. The third-order valence-corrected chi connectivity index (χ3v) is 5.88. The molecule has 1 aromatic rings. The topological polar surface area (TPSA) is 92.4 Å². The van der Waals surface area contributed by atoms with Crippen LogP contribution < -0.4 is 10.5 Å². The molecule has 0 unspecified atom stereocenters. The summed E-state index contributed by atoms with van der Waals surface area (Å²) in [6, 6.07) is 3.60. The third kappa shape index (κ3) is 3.75. The van der Waals surface area contributed by atoms with Crippen molar-refractivity contribution in [2.45, 2.75) is 50.5 Å². The average Bonchev–Trinajstić information content (AvgIpc) is 2.43. The van der Waals surface area contributed by atoms with Crippen LogP contribution in [0.5, 0.6) is 0 Å². The van der Waals surface area contributed by atoms with Crippen LogP contribution in [0.2, 0.25) is 0 Å². The van der Waals surface area contributed by atoms with E-state index in [1.54, 1.807) is 19.9 Å². The number of nitrogens with two attached hydrogens (primary N) is 1. The summed E-state index contributed by atoms with van der Waals surface area (Å²) in [5.41, 5.74) is 7.69. The Balaban J connectivity index is 2.11. The molecule has 1 aromatic carbocycles. The highest BCUT2D eigenvalue weighted by Gasteiger charge is 2.24. The molecule has 1 fully saturated rings. The fraction of sp³-hybridized carbons (Fsp3) is 0.600. The number of aliphatic hydroxyl groups is 1. The molecule has 6 heteroatoms. The SMILES string of the molecule is Cc1ccc(C)c(S(=O)(=O)NCC2CCC(O)CC2)c1N. The standard InChI is InChI=1S/C15H24N2O3S/c1-10-3-4-11(2)15(14(10)16)21(19,20)17-9-12-5-7-13(18)8-6-12/h3-4,12-13,17-18H,5-9,16H2,1-2H3. The van der Waals surface area contributed by atoms with Crippen LogP contribution in [0.15, 0.2) is 17.0 Å². The molecule has 0 bridgehead atoms. The second-order valence-corrected chi connectivity index (χ2v) is 7.67. The van der Waals surface area contributed by atoms with E-state index in [1.807, 2.05) is 6.07 Å². The van der Waals surface area contributed by atoms with Crippen LogP contribution in [0.25, 0.3) is 0 Å². The molecule has 0 aliphatic heterocycles. The van der Waals surface area contributed by atoms with Gasteiger partial charge in [-0.3, -0.25) is 0 Å². The molecule has 1 aliphatic rings. The van der Waals surface area contributed by atoms with Gasteiger partial charge >= 0.3 is 0 Å². The lowest BCUT2D eigenvalue weighted by molar-refractivity contribution is 0.109. The van der Waals surface area contributed by atoms with Crippen LogP contribution in [0, 0.1) is 19.8 Å². The van der Waals surface area contributed by atoms with E-state index in [2.05, 4.69) is 4.72 Å². The number of nitrogens with one attached hydrogen (secondary N) is 1. The van der Waals surface area contributed by atoms with Crippen molar-refractivity contribution in [2.75, 3.05) is 12.3 Å². The Morgan fingerprint density at radius 3 is 2.38 bits per heavy atom. The predicted octanol–water partition coefficient (Wildman–Crippen LogP) is 1.72. The van der Waals surface area contributed by atoms with Crippen molar-refractivity contribution < 1.29 is 13.5 Å². The van der Waals surface area contributed by atoms with Crippen molar-refractivity contribution in [3.63, 3.8) is 0 Å². The minimum atomic E-state index is -3.59. The van der Waals surface area contributed by atoms with Crippen LogP contribution in [-0.4, -0.2) is 26.2 Å². The van der Waals surface area contributed by atoms with E-state index in [-0.39, 0.29) is 16.9 Å². The fourth-order valence-corrected chi connectivity index (χ4v) is 4.35. The van der Waals surface area contributed by atoms with Crippen LogP contribution in [0.1, 0.15) is 36.8 Å². The monoisotopic (exact) mass is 312 g/mol. The zero-order valence-electron chi connectivity index (χ0n) is 12.6. The lowest BCUT2D eigenvalue weighted by Crippen LogP contribution is -2.33. The van der Waals surface area contributed by atoms with Gasteiger partial charge in [0.1, 0.15) is 4.90 Å². The molecule has 0 heterocycles. The third-order valence-electron chi connectivity index (χ3n) is 4.26. The van der Waals surface area contributed by atoms with Gasteiger partial charge in [-0.2, -0.15) is 0 Å². The van der Waals surface area contributed by atoms with Crippen molar-refractivity contribution in [1.29, 1.82) is 0 Å². The summed E-state index contributed by atoms with van der Waals surface area (Å²) in [4.78, 5) is 0.193. The summed E-state index contributed by atoms with van der Waals surface area (Å²) in [5, 5.41) is 9.48. The summed E-state index contributed by atoms with van der Waals surface area (Å²) >= 11 is 0. The van der Waals surface area contributed by atoms with E-state index in [1.165, 1.54) is 0 Å². The molecule has 0 amide bonds. The van der Waals surface area contributed by atoms with E-state index in [0.29, 0.717) is 17.8 Å². The highest BCUT2D eigenvalue weighted by Crippen LogP contribution is 2.27. The highest BCUT2D eigenvalue weighted by molar-refractivity contribution is 7.89. The van der Waals surface area contributed by atoms with Crippen molar-refractivity contribution in [3.05, 3.63) is 23.3 Å². The predicted molar refractivity (Wildman–Crippen MR) is 83.5 cm³/mol. The maximum Gasteiger partial charge on any atom is 0.242 e. The molecular formula is C15H24N2O3S. The molecule has 118 valence electrons. The first-order valence-electron chi connectivity index (χ1n) is 7.34. The van der Waals surface area contributed by atoms with Gasteiger partial charge < -0.3 is 10.8 Å². The summed E-state index contributed by atoms with van der Waals surface area (Å²) in [6.07, 6.45) is 2.97. The summed E-state index contributed by atoms with van der Waals surface area (Å²) in [6.45, 7) is 3.96. The van der Waals surface area contributed by atoms with Crippen LogP contribution in [0.3, 0.4) is 0 Å². The Bertz CT molecular complexity index is 606. The van der Waals surface area contributed by atoms with Gasteiger partial charge in [0.25, 0.3) is 0 Å². The zero-order valence-corrected chi connectivity index (χ0v) is 13.4. The van der Waals surface area contributed by atoms with Crippen LogP contribution >= 0.6 is 0 Å². The van der Waals surface area contributed by atoms with Gasteiger partial charge in [0, 0.05) is 6.54 Å². The molecule has 21 heavy (non-hydrogen) atoms. The Kier molecular flexibility index (Phi) is 4.91. The van der Waals surface area contributed by atoms with Gasteiger partial charge in [-0.25, -0.2) is 13.1 Å². The number of rotatable bonds is 4. The second-order valence-electron chi connectivity index (χ2n) is 5.97. The maximum absolute atomic E-state index is 12.5. The van der Waals surface area contributed by atoms with E-state index in [0.717, 1.165) is 31.2 Å². The molecule has 0 aromatic heterocycles. The number of anilines is 1. The molecule has 1 saturated carbocycles. The first-order chi connectivity index (χ1) is 9.81. The quantitative estimate of drug-likeness (QED) is 0.738. The van der Waals surface area contributed by atoms with Gasteiger partial charge in [0.2, 0.25) is 10.0 Å². The van der Waals surface area contributed by atoms with Crippen molar-refractivity contribution >= 4 is 15.7 Å². The van der Waals surface area contributed by atoms with Gasteiger partial charge in [0.05, 0.1) is 11.8 Å². The van der Waals surface area contributed by atoms with E-state index in [9.17, 15) is 13.5 Å². The summed E-state index contributed by atoms with van der Waals surface area (Å²) < 4.78 is 27.7. The summed E-state index contributed by atoms with van der Waals surface area (Å²) in [5.74, 6) is 0.287. The molecule has 1 aliphatic carbocycles. The number of aryl methyl sites for hydroxylation is 2.